The zero-order valence-corrected chi connectivity index (χ0v) is 16.9. The molecule has 2 aromatic carbocycles. The summed E-state index contributed by atoms with van der Waals surface area (Å²) >= 11 is 0. The molecule has 1 unspecified atom stereocenters. The number of rotatable bonds is 6. The molecule has 1 saturated heterocycles. The van der Waals surface area contributed by atoms with Gasteiger partial charge in [-0.25, -0.2) is 13.4 Å². The van der Waals surface area contributed by atoms with E-state index in [0.29, 0.717) is 30.1 Å². The molecule has 9 heteroatoms. The van der Waals surface area contributed by atoms with E-state index in [2.05, 4.69) is 10.3 Å². The number of fused-ring (bicyclic) bond motifs is 1. The zero-order chi connectivity index (χ0) is 21.1. The van der Waals surface area contributed by atoms with Crippen LogP contribution < -0.4 is 5.32 Å². The molecule has 0 radical (unpaired) electrons. The van der Waals surface area contributed by atoms with E-state index in [-0.39, 0.29) is 29.5 Å². The average Bonchev–Trinajstić information content (AvgIpc) is 3.17. The molecule has 4 rings (SSSR count). The van der Waals surface area contributed by atoms with Crippen LogP contribution in [0.4, 0.5) is 0 Å². The Morgan fingerprint density at radius 3 is 2.70 bits per heavy atom. The van der Waals surface area contributed by atoms with Crippen LogP contribution in [0.15, 0.2) is 57.8 Å². The Morgan fingerprint density at radius 1 is 1.20 bits per heavy atom. The molecule has 1 amide bonds. The third-order valence-electron chi connectivity index (χ3n) is 5.14. The maximum absolute atomic E-state index is 12.7. The summed E-state index contributed by atoms with van der Waals surface area (Å²) in [5.41, 5.74) is 1.78. The highest BCUT2D eigenvalue weighted by Gasteiger charge is 2.32. The summed E-state index contributed by atoms with van der Waals surface area (Å²) in [7, 11) is -3.54. The van der Waals surface area contributed by atoms with Gasteiger partial charge in [-0.1, -0.05) is 12.1 Å². The zero-order valence-electron chi connectivity index (χ0n) is 16.1. The summed E-state index contributed by atoms with van der Waals surface area (Å²) in [5.74, 6) is 0.147. The molecule has 0 bridgehead atoms. The topological polar surface area (TPSA) is 116 Å². The molecule has 2 heterocycles. The van der Waals surface area contributed by atoms with Crippen LogP contribution in [-0.4, -0.2) is 55.6 Å². The van der Waals surface area contributed by atoms with Gasteiger partial charge in [-0.3, -0.25) is 9.69 Å². The molecule has 1 fully saturated rings. The Morgan fingerprint density at radius 2 is 1.97 bits per heavy atom. The molecule has 1 atom stereocenters. The van der Waals surface area contributed by atoms with Crippen molar-refractivity contribution >= 4 is 26.8 Å². The Hall–Kier alpha value is -3.22. The number of benzene rings is 2. The van der Waals surface area contributed by atoms with Gasteiger partial charge >= 0.3 is 0 Å². The van der Waals surface area contributed by atoms with Gasteiger partial charge in [0.2, 0.25) is 5.91 Å². The van der Waals surface area contributed by atoms with E-state index in [0.717, 1.165) is 5.52 Å². The number of hydrogen-bond donors (Lipinski definition) is 1. The van der Waals surface area contributed by atoms with Gasteiger partial charge in [0.1, 0.15) is 5.52 Å². The standard InChI is InChI=1S/C21H20N4O4S/c22-14-15-5-7-16(8-6-15)30(27,28)12-11-25-10-9-23-21(26)18(25)13-20-24-17-3-1-2-4-19(17)29-20/h1-8,18H,9-13H2,(H,23,26). The first-order valence-electron chi connectivity index (χ1n) is 9.55. The van der Waals surface area contributed by atoms with Crippen molar-refractivity contribution in [3.8, 4) is 6.07 Å². The second kappa shape index (κ2) is 8.26. The number of hydrogen-bond acceptors (Lipinski definition) is 7. The van der Waals surface area contributed by atoms with Gasteiger partial charge in [-0.2, -0.15) is 5.26 Å². The van der Waals surface area contributed by atoms with E-state index in [1.165, 1.54) is 24.3 Å². The normalized spacial score (nSPS) is 17.6. The Balaban J connectivity index is 1.48. The van der Waals surface area contributed by atoms with Crippen LogP contribution in [0.2, 0.25) is 0 Å². The predicted molar refractivity (Wildman–Crippen MR) is 109 cm³/mol. The first-order chi connectivity index (χ1) is 14.5. The summed E-state index contributed by atoms with van der Waals surface area (Å²) in [6, 6.07) is 14.6. The maximum atomic E-state index is 12.7. The summed E-state index contributed by atoms with van der Waals surface area (Å²) in [6.07, 6.45) is 0.261. The minimum Gasteiger partial charge on any atom is -0.441 e. The molecule has 0 spiro atoms. The quantitative estimate of drug-likeness (QED) is 0.638. The minimum absolute atomic E-state index is 0.129. The van der Waals surface area contributed by atoms with Gasteiger partial charge in [-0.05, 0) is 36.4 Å². The van der Waals surface area contributed by atoms with Gasteiger partial charge in [-0.15, -0.1) is 0 Å². The lowest BCUT2D eigenvalue weighted by molar-refractivity contribution is -0.129. The van der Waals surface area contributed by atoms with Gasteiger partial charge < -0.3 is 9.73 Å². The average molecular weight is 424 g/mol. The Bertz CT molecular complexity index is 1180. The van der Waals surface area contributed by atoms with Gasteiger partial charge in [0.25, 0.3) is 0 Å². The second-order valence-corrected chi connectivity index (χ2v) is 9.19. The number of aromatic nitrogens is 1. The third kappa shape index (κ3) is 4.20. The Labute approximate surface area is 174 Å². The number of carbonyl (C=O) groups is 1. The minimum atomic E-state index is -3.54. The fourth-order valence-electron chi connectivity index (χ4n) is 3.52. The van der Waals surface area contributed by atoms with Crippen molar-refractivity contribution in [1.82, 2.24) is 15.2 Å². The van der Waals surface area contributed by atoms with Crippen LogP contribution >= 0.6 is 0 Å². The maximum Gasteiger partial charge on any atom is 0.237 e. The van der Waals surface area contributed by atoms with Crippen molar-refractivity contribution in [2.75, 3.05) is 25.4 Å². The molecule has 0 saturated carbocycles. The van der Waals surface area contributed by atoms with E-state index in [4.69, 9.17) is 9.68 Å². The smallest absolute Gasteiger partial charge is 0.237 e. The number of carbonyl (C=O) groups excluding carboxylic acids is 1. The highest BCUT2D eigenvalue weighted by atomic mass is 32.2. The van der Waals surface area contributed by atoms with Gasteiger partial charge in [0.15, 0.2) is 21.3 Å². The van der Waals surface area contributed by atoms with Crippen molar-refractivity contribution in [2.24, 2.45) is 0 Å². The molecule has 3 aromatic rings. The van der Waals surface area contributed by atoms with Crippen LogP contribution in [0.3, 0.4) is 0 Å². The largest absolute Gasteiger partial charge is 0.441 e. The summed E-state index contributed by atoms with van der Waals surface area (Å²) < 4.78 is 31.1. The number of amides is 1. The summed E-state index contributed by atoms with van der Waals surface area (Å²) in [5, 5.41) is 11.7. The van der Waals surface area contributed by atoms with E-state index in [1.807, 2.05) is 35.2 Å². The fraction of sp³-hybridized carbons (Fsp3) is 0.286. The molecule has 30 heavy (non-hydrogen) atoms. The van der Waals surface area contributed by atoms with Crippen molar-refractivity contribution in [3.05, 3.63) is 60.0 Å². The predicted octanol–water partition coefficient (Wildman–Crippen LogP) is 1.52. The number of sulfone groups is 1. The first-order valence-corrected chi connectivity index (χ1v) is 11.2. The van der Waals surface area contributed by atoms with E-state index in [1.54, 1.807) is 0 Å². The van der Waals surface area contributed by atoms with E-state index in [9.17, 15) is 13.2 Å². The molecule has 154 valence electrons. The van der Waals surface area contributed by atoms with Crippen LogP contribution in [0.25, 0.3) is 11.1 Å². The van der Waals surface area contributed by atoms with Crippen LogP contribution in [-0.2, 0) is 21.1 Å². The van der Waals surface area contributed by atoms with Crippen LogP contribution in [0.5, 0.6) is 0 Å². The number of para-hydroxylation sites is 2. The fourth-order valence-corrected chi connectivity index (χ4v) is 4.78. The Kier molecular flexibility index (Phi) is 5.53. The monoisotopic (exact) mass is 424 g/mol. The molecular formula is C21H20N4O4S. The lowest BCUT2D eigenvalue weighted by Gasteiger charge is -2.34. The van der Waals surface area contributed by atoms with Gasteiger partial charge in [0, 0.05) is 26.1 Å². The van der Waals surface area contributed by atoms with Gasteiger partial charge in [0.05, 0.1) is 28.3 Å². The van der Waals surface area contributed by atoms with Crippen molar-refractivity contribution in [3.63, 3.8) is 0 Å². The molecule has 1 N–H and O–H groups in total. The van der Waals surface area contributed by atoms with E-state index >= 15 is 0 Å². The van der Waals surface area contributed by atoms with Crippen LogP contribution in [0.1, 0.15) is 11.5 Å². The van der Waals surface area contributed by atoms with Crippen molar-refractivity contribution < 1.29 is 17.6 Å². The number of nitrogens with one attached hydrogen (secondary N) is 1. The number of nitriles is 1. The summed E-state index contributed by atoms with van der Waals surface area (Å²) in [6.45, 7) is 1.21. The number of piperazine rings is 1. The molecule has 1 aliphatic heterocycles. The second-order valence-electron chi connectivity index (χ2n) is 7.08. The third-order valence-corrected chi connectivity index (χ3v) is 6.85. The molecule has 0 aliphatic carbocycles. The van der Waals surface area contributed by atoms with Crippen LogP contribution in [0, 0.1) is 11.3 Å². The number of oxazole rings is 1. The number of nitrogens with zero attached hydrogens (tertiary/aromatic N) is 3. The molecule has 8 nitrogen and oxygen atoms in total. The van der Waals surface area contributed by atoms with Crippen molar-refractivity contribution in [1.29, 1.82) is 5.26 Å². The molecule has 1 aliphatic rings. The first kappa shape index (κ1) is 20.1. The highest BCUT2D eigenvalue weighted by Crippen LogP contribution is 2.19. The highest BCUT2D eigenvalue weighted by molar-refractivity contribution is 7.91. The lowest BCUT2D eigenvalue weighted by atomic mass is 10.1. The SMILES string of the molecule is N#Cc1ccc(S(=O)(=O)CCN2CCNC(=O)C2Cc2nc3ccccc3o2)cc1. The lowest BCUT2D eigenvalue weighted by Crippen LogP contribution is -2.57. The molecule has 1 aromatic heterocycles. The van der Waals surface area contributed by atoms with E-state index < -0.39 is 15.9 Å². The molecular weight excluding hydrogens is 404 g/mol. The summed E-state index contributed by atoms with van der Waals surface area (Å²) in [4.78, 5) is 18.9. The van der Waals surface area contributed by atoms with Crippen molar-refractivity contribution in [2.45, 2.75) is 17.4 Å².